The van der Waals surface area contributed by atoms with Crippen molar-refractivity contribution in [1.82, 2.24) is 20.4 Å². The summed E-state index contributed by atoms with van der Waals surface area (Å²) in [7, 11) is 0. The number of amides is 5. The fourth-order valence-electron chi connectivity index (χ4n) is 4.52. The van der Waals surface area contributed by atoms with E-state index in [-0.39, 0.29) is 11.8 Å². The summed E-state index contributed by atoms with van der Waals surface area (Å²) in [5, 5.41) is 4.95. The van der Waals surface area contributed by atoms with E-state index in [2.05, 4.69) is 10.6 Å². The van der Waals surface area contributed by atoms with Crippen LogP contribution in [0.25, 0.3) is 11.1 Å². The Labute approximate surface area is 197 Å². The molecule has 2 aliphatic heterocycles. The van der Waals surface area contributed by atoms with Crippen molar-refractivity contribution in [3.05, 3.63) is 59.7 Å². The van der Waals surface area contributed by atoms with Gasteiger partial charge >= 0.3 is 6.03 Å². The minimum atomic E-state index is -1.13. The van der Waals surface area contributed by atoms with Gasteiger partial charge in [-0.15, -0.1) is 0 Å². The molecule has 2 aromatic carbocycles. The molecule has 0 radical (unpaired) electrons. The number of nitrogens with one attached hydrogen (secondary N) is 2. The van der Waals surface area contributed by atoms with E-state index in [0.29, 0.717) is 37.3 Å². The third-order valence-corrected chi connectivity index (χ3v) is 7.02. The van der Waals surface area contributed by atoms with E-state index in [4.69, 9.17) is 5.73 Å². The monoisotopic (exact) mass is 461 g/mol. The first-order chi connectivity index (χ1) is 16.2. The Morgan fingerprint density at radius 2 is 1.56 bits per heavy atom. The van der Waals surface area contributed by atoms with Crippen molar-refractivity contribution in [2.75, 3.05) is 26.2 Å². The van der Waals surface area contributed by atoms with Crippen molar-refractivity contribution in [3.63, 3.8) is 0 Å². The number of piperazine rings is 1. The average molecular weight is 462 g/mol. The van der Waals surface area contributed by atoms with Crippen molar-refractivity contribution in [2.45, 2.75) is 30.8 Å². The summed E-state index contributed by atoms with van der Waals surface area (Å²) in [4.78, 5) is 52.8. The van der Waals surface area contributed by atoms with Gasteiger partial charge in [0.05, 0.1) is 5.54 Å². The molecule has 1 saturated carbocycles. The fourth-order valence-corrected chi connectivity index (χ4v) is 4.52. The minimum Gasteiger partial charge on any atom is -0.338 e. The standard InChI is InChI=1S/C25H27N5O4/c1-24(21(32)27-23(34)28-24)19-4-2-3-18(15-19)16-5-7-17(8-6-16)20(31)29-11-13-30(14-12-29)22(33)25(26)9-10-25/h2-8,15H,9-14,26H2,1H3,(H2,27,28,32,34). The van der Waals surface area contributed by atoms with E-state index in [1.165, 1.54) is 0 Å². The summed E-state index contributed by atoms with van der Waals surface area (Å²) in [6.45, 7) is 3.63. The lowest BCUT2D eigenvalue weighted by molar-refractivity contribution is -0.135. The summed E-state index contributed by atoms with van der Waals surface area (Å²) in [5.74, 6) is -0.468. The van der Waals surface area contributed by atoms with Crippen LogP contribution in [0.1, 0.15) is 35.7 Å². The zero-order valence-electron chi connectivity index (χ0n) is 19.0. The van der Waals surface area contributed by atoms with E-state index < -0.39 is 23.0 Å². The summed E-state index contributed by atoms with van der Waals surface area (Å²) < 4.78 is 0. The molecule has 1 atom stereocenters. The first-order valence-electron chi connectivity index (χ1n) is 11.4. The maximum atomic E-state index is 13.0. The highest BCUT2D eigenvalue weighted by Gasteiger charge is 2.48. The maximum absolute atomic E-state index is 13.0. The van der Waals surface area contributed by atoms with Crippen LogP contribution in [-0.2, 0) is 15.1 Å². The second-order valence-electron chi connectivity index (χ2n) is 9.43. The first-order valence-corrected chi connectivity index (χ1v) is 11.4. The van der Waals surface area contributed by atoms with Crippen LogP contribution < -0.4 is 16.4 Å². The Morgan fingerprint density at radius 3 is 2.15 bits per heavy atom. The fraction of sp³-hybridized carbons (Fsp3) is 0.360. The van der Waals surface area contributed by atoms with Crippen LogP contribution in [0.3, 0.4) is 0 Å². The number of carbonyl (C=O) groups excluding carboxylic acids is 4. The van der Waals surface area contributed by atoms with Gasteiger partial charge in [-0.2, -0.15) is 0 Å². The molecule has 2 heterocycles. The van der Waals surface area contributed by atoms with Crippen molar-refractivity contribution in [1.29, 1.82) is 0 Å². The molecular formula is C25H27N5O4. The zero-order valence-corrected chi connectivity index (χ0v) is 19.0. The summed E-state index contributed by atoms with van der Waals surface area (Å²) in [6, 6.07) is 14.2. The number of rotatable bonds is 4. The maximum Gasteiger partial charge on any atom is 0.322 e. The molecule has 0 spiro atoms. The van der Waals surface area contributed by atoms with Gasteiger partial charge in [0, 0.05) is 31.7 Å². The normalized spacial score (nSPS) is 23.4. The number of nitrogens with zero attached hydrogens (tertiary/aromatic N) is 2. The minimum absolute atomic E-state index is 0.00491. The summed E-state index contributed by atoms with van der Waals surface area (Å²) in [6.07, 6.45) is 1.47. The predicted octanol–water partition coefficient (Wildman–Crippen LogP) is 1.18. The number of hydrogen-bond acceptors (Lipinski definition) is 5. The van der Waals surface area contributed by atoms with Crippen LogP contribution in [0.5, 0.6) is 0 Å². The molecule has 0 aromatic heterocycles. The Kier molecular flexibility index (Phi) is 5.16. The number of hydrogen-bond donors (Lipinski definition) is 3. The number of carbonyl (C=O) groups is 4. The number of benzene rings is 2. The molecule has 0 bridgehead atoms. The highest BCUT2D eigenvalue weighted by atomic mass is 16.2. The predicted molar refractivity (Wildman–Crippen MR) is 125 cm³/mol. The molecule has 9 nitrogen and oxygen atoms in total. The van der Waals surface area contributed by atoms with E-state index in [1.54, 1.807) is 34.9 Å². The Bertz CT molecular complexity index is 1180. The molecule has 5 rings (SSSR count). The van der Waals surface area contributed by atoms with Gasteiger partial charge in [-0.3, -0.25) is 19.7 Å². The Morgan fingerprint density at radius 1 is 0.912 bits per heavy atom. The van der Waals surface area contributed by atoms with E-state index >= 15 is 0 Å². The molecule has 1 unspecified atom stereocenters. The van der Waals surface area contributed by atoms with Crippen molar-refractivity contribution in [3.8, 4) is 11.1 Å². The van der Waals surface area contributed by atoms with Gasteiger partial charge in [-0.05, 0) is 54.7 Å². The highest BCUT2D eigenvalue weighted by Crippen LogP contribution is 2.34. The van der Waals surface area contributed by atoms with Gasteiger partial charge in [0.15, 0.2) is 0 Å². The number of imide groups is 1. The molecule has 5 amide bonds. The van der Waals surface area contributed by atoms with Crippen LogP contribution in [-0.4, -0.2) is 65.3 Å². The topological polar surface area (TPSA) is 125 Å². The molecule has 176 valence electrons. The van der Waals surface area contributed by atoms with E-state index in [0.717, 1.165) is 24.0 Å². The summed E-state index contributed by atoms with van der Waals surface area (Å²) in [5.41, 5.74) is 7.22. The van der Waals surface area contributed by atoms with Gasteiger partial charge in [0.25, 0.3) is 11.8 Å². The molecule has 1 aliphatic carbocycles. The van der Waals surface area contributed by atoms with Crippen LogP contribution in [0.4, 0.5) is 4.79 Å². The van der Waals surface area contributed by atoms with E-state index in [1.807, 2.05) is 30.3 Å². The van der Waals surface area contributed by atoms with Gasteiger partial charge in [0.2, 0.25) is 5.91 Å². The Balaban J connectivity index is 1.26. The lowest BCUT2D eigenvalue weighted by Crippen LogP contribution is -2.55. The van der Waals surface area contributed by atoms with Crippen molar-refractivity contribution >= 4 is 23.8 Å². The summed E-state index contributed by atoms with van der Waals surface area (Å²) >= 11 is 0. The van der Waals surface area contributed by atoms with Crippen molar-refractivity contribution < 1.29 is 19.2 Å². The average Bonchev–Trinajstić information content (AvgIpc) is 3.55. The molecular weight excluding hydrogens is 434 g/mol. The molecule has 3 fully saturated rings. The smallest absolute Gasteiger partial charge is 0.322 e. The van der Waals surface area contributed by atoms with Crippen LogP contribution in [0.2, 0.25) is 0 Å². The van der Waals surface area contributed by atoms with Crippen LogP contribution in [0.15, 0.2) is 48.5 Å². The third kappa shape index (κ3) is 3.81. The molecule has 9 heteroatoms. The molecule has 4 N–H and O–H groups in total. The second kappa shape index (κ2) is 7.95. The third-order valence-electron chi connectivity index (χ3n) is 7.02. The quantitative estimate of drug-likeness (QED) is 0.590. The van der Waals surface area contributed by atoms with Crippen LogP contribution >= 0.6 is 0 Å². The molecule has 3 aliphatic rings. The van der Waals surface area contributed by atoms with Gasteiger partial charge in [0.1, 0.15) is 5.54 Å². The SMILES string of the molecule is CC1(c2cccc(-c3ccc(C(=O)N4CCN(C(=O)C5(N)CC5)CC4)cc3)c2)NC(=O)NC1=O. The number of nitrogens with two attached hydrogens (primary N) is 1. The highest BCUT2D eigenvalue weighted by molar-refractivity contribution is 6.07. The van der Waals surface area contributed by atoms with Gasteiger partial charge < -0.3 is 20.9 Å². The lowest BCUT2D eigenvalue weighted by Gasteiger charge is -2.36. The zero-order chi connectivity index (χ0) is 24.1. The largest absolute Gasteiger partial charge is 0.338 e. The van der Waals surface area contributed by atoms with Crippen molar-refractivity contribution in [2.24, 2.45) is 5.73 Å². The molecule has 34 heavy (non-hydrogen) atoms. The van der Waals surface area contributed by atoms with Crippen LogP contribution in [0, 0.1) is 0 Å². The lowest BCUT2D eigenvalue weighted by atomic mass is 9.89. The van der Waals surface area contributed by atoms with Gasteiger partial charge in [-0.1, -0.05) is 30.3 Å². The molecule has 2 saturated heterocycles. The van der Waals surface area contributed by atoms with E-state index in [9.17, 15) is 19.2 Å². The molecule has 2 aromatic rings. The second-order valence-corrected chi connectivity index (χ2v) is 9.43. The Hall–Kier alpha value is -3.72. The number of urea groups is 1. The van der Waals surface area contributed by atoms with Gasteiger partial charge in [-0.25, -0.2) is 4.79 Å². The first kappa shape index (κ1) is 22.1.